The molecule has 1 saturated heterocycles. The Morgan fingerprint density at radius 1 is 1.57 bits per heavy atom. The zero-order valence-electron chi connectivity index (χ0n) is 6.86. The summed E-state index contributed by atoms with van der Waals surface area (Å²) >= 11 is 6.76. The average Bonchev–Trinajstić information content (AvgIpc) is 2.67. The van der Waals surface area contributed by atoms with Crippen LogP contribution in [-0.2, 0) is 11.3 Å². The van der Waals surface area contributed by atoms with Crippen molar-refractivity contribution >= 4 is 35.1 Å². The highest BCUT2D eigenvalue weighted by Gasteiger charge is 2.29. The van der Waals surface area contributed by atoms with Gasteiger partial charge in [0.05, 0.1) is 13.1 Å². The number of rotatable bonds is 2. The molecule has 1 aromatic rings. The van der Waals surface area contributed by atoms with Crippen LogP contribution in [0, 0.1) is 0 Å². The van der Waals surface area contributed by atoms with E-state index in [0.717, 1.165) is 16.4 Å². The number of urea groups is 1. The van der Waals surface area contributed by atoms with Gasteiger partial charge >= 0.3 is 6.03 Å². The van der Waals surface area contributed by atoms with Crippen molar-refractivity contribution in [1.29, 1.82) is 0 Å². The maximum absolute atomic E-state index is 11.2. The molecule has 1 aromatic heterocycles. The molecule has 6 nitrogen and oxygen atoms in total. The lowest BCUT2D eigenvalue weighted by atomic mass is 10.4. The van der Waals surface area contributed by atoms with Crippen LogP contribution in [-0.4, -0.2) is 33.0 Å². The van der Waals surface area contributed by atoms with Crippen molar-refractivity contribution in [2.24, 2.45) is 0 Å². The second kappa shape index (κ2) is 3.50. The topological polar surface area (TPSA) is 75.2 Å². The molecule has 1 aliphatic heterocycles. The van der Waals surface area contributed by atoms with E-state index in [-0.39, 0.29) is 19.0 Å². The Bertz CT molecular complexity index is 377. The molecule has 0 bridgehead atoms. The van der Waals surface area contributed by atoms with E-state index < -0.39 is 6.03 Å². The number of hydrogen-bond acceptors (Lipinski definition) is 5. The highest BCUT2D eigenvalue weighted by Crippen LogP contribution is 2.19. The summed E-state index contributed by atoms with van der Waals surface area (Å²) in [5.41, 5.74) is 0.446. The standard InChI is InChI=1S/C6H5ClN4O2S/c7-5-3(9-10-14-5)2-11-4(12)1-8-6(11)13/h1-2H2,(H,8,13). The quantitative estimate of drug-likeness (QED) is 0.742. The summed E-state index contributed by atoms with van der Waals surface area (Å²) in [4.78, 5) is 23.4. The van der Waals surface area contributed by atoms with E-state index in [0.29, 0.717) is 10.0 Å². The molecule has 8 heteroatoms. The molecule has 2 heterocycles. The molecule has 3 amide bonds. The molecule has 1 aliphatic rings. The summed E-state index contributed by atoms with van der Waals surface area (Å²) in [5.74, 6) is -0.279. The van der Waals surface area contributed by atoms with E-state index in [2.05, 4.69) is 14.9 Å². The van der Waals surface area contributed by atoms with Gasteiger partial charge < -0.3 is 5.32 Å². The first kappa shape index (κ1) is 9.35. The molecular formula is C6H5ClN4O2S. The van der Waals surface area contributed by atoms with E-state index in [9.17, 15) is 9.59 Å². The fourth-order valence-corrected chi connectivity index (χ4v) is 1.67. The SMILES string of the molecule is O=C1CNC(=O)N1Cc1nnsc1Cl. The molecule has 2 rings (SSSR count). The Labute approximate surface area is 88.0 Å². The first-order valence-corrected chi connectivity index (χ1v) is 4.88. The number of imide groups is 1. The number of nitrogens with one attached hydrogen (secondary N) is 1. The van der Waals surface area contributed by atoms with Crippen molar-refractivity contribution in [2.45, 2.75) is 6.54 Å². The van der Waals surface area contributed by atoms with Gasteiger partial charge in [-0.3, -0.25) is 9.69 Å². The Hall–Kier alpha value is -1.21. The third kappa shape index (κ3) is 1.55. The van der Waals surface area contributed by atoms with Crippen molar-refractivity contribution in [1.82, 2.24) is 19.8 Å². The minimum absolute atomic E-state index is 0.0357. The Morgan fingerprint density at radius 3 is 2.86 bits per heavy atom. The molecule has 0 saturated carbocycles. The van der Waals surface area contributed by atoms with Gasteiger partial charge in [-0.25, -0.2) is 4.79 Å². The molecule has 0 unspecified atom stereocenters. The van der Waals surface area contributed by atoms with Crippen LogP contribution < -0.4 is 5.32 Å². The number of amides is 3. The molecule has 1 fully saturated rings. The zero-order valence-corrected chi connectivity index (χ0v) is 8.43. The van der Waals surface area contributed by atoms with Crippen LogP contribution in [0.2, 0.25) is 4.34 Å². The lowest BCUT2D eigenvalue weighted by Crippen LogP contribution is -2.30. The number of halogens is 1. The summed E-state index contributed by atoms with van der Waals surface area (Å²) in [6.45, 7) is 0.119. The van der Waals surface area contributed by atoms with Crippen molar-refractivity contribution in [3.63, 3.8) is 0 Å². The highest BCUT2D eigenvalue weighted by atomic mass is 35.5. The van der Waals surface area contributed by atoms with Crippen LogP contribution in [0.25, 0.3) is 0 Å². The molecule has 0 aliphatic carbocycles. The summed E-state index contributed by atoms with van der Waals surface area (Å²) < 4.78 is 4.00. The lowest BCUT2D eigenvalue weighted by molar-refractivity contribution is -0.125. The van der Waals surface area contributed by atoms with Gasteiger partial charge in [-0.15, -0.1) is 5.10 Å². The Balaban J connectivity index is 2.15. The van der Waals surface area contributed by atoms with Crippen molar-refractivity contribution in [3.05, 3.63) is 10.0 Å². The number of carbonyl (C=O) groups is 2. The molecule has 0 atom stereocenters. The third-order valence-electron chi connectivity index (χ3n) is 1.75. The maximum Gasteiger partial charge on any atom is 0.324 e. The van der Waals surface area contributed by atoms with Crippen LogP contribution in [0.1, 0.15) is 5.69 Å². The first-order chi connectivity index (χ1) is 6.68. The number of nitrogens with zero attached hydrogens (tertiary/aromatic N) is 3. The summed E-state index contributed by atoms with van der Waals surface area (Å²) in [5, 5.41) is 6.11. The zero-order chi connectivity index (χ0) is 10.1. The molecular weight excluding hydrogens is 228 g/mol. The van der Waals surface area contributed by atoms with Crippen molar-refractivity contribution < 1.29 is 9.59 Å². The first-order valence-electron chi connectivity index (χ1n) is 3.73. The highest BCUT2D eigenvalue weighted by molar-refractivity contribution is 7.10. The Kier molecular flexibility index (Phi) is 2.34. The average molecular weight is 233 g/mol. The maximum atomic E-state index is 11.2. The van der Waals surface area contributed by atoms with Gasteiger partial charge in [0.2, 0.25) is 5.91 Å². The number of carbonyl (C=O) groups excluding carboxylic acids is 2. The summed E-state index contributed by atoms with van der Waals surface area (Å²) in [7, 11) is 0. The van der Waals surface area contributed by atoms with Crippen LogP contribution in [0.15, 0.2) is 0 Å². The third-order valence-corrected chi connectivity index (χ3v) is 2.74. The molecule has 74 valence electrons. The molecule has 0 aromatic carbocycles. The van der Waals surface area contributed by atoms with Gasteiger partial charge in [0, 0.05) is 11.5 Å². The van der Waals surface area contributed by atoms with Crippen LogP contribution in [0.5, 0.6) is 0 Å². The second-order valence-corrected chi connectivity index (χ2v) is 3.99. The van der Waals surface area contributed by atoms with Crippen LogP contribution in [0.4, 0.5) is 4.79 Å². The van der Waals surface area contributed by atoms with E-state index in [1.807, 2.05) is 0 Å². The predicted octanol–water partition coefficient (Wildman–Crippen LogP) is 0.243. The van der Waals surface area contributed by atoms with E-state index in [1.165, 1.54) is 0 Å². The Morgan fingerprint density at radius 2 is 2.36 bits per heavy atom. The van der Waals surface area contributed by atoms with E-state index >= 15 is 0 Å². The van der Waals surface area contributed by atoms with Gasteiger partial charge in [0.1, 0.15) is 10.0 Å². The smallest absolute Gasteiger partial charge is 0.324 e. The summed E-state index contributed by atoms with van der Waals surface area (Å²) in [6.07, 6.45) is 0. The summed E-state index contributed by atoms with van der Waals surface area (Å²) in [6, 6.07) is -0.418. The molecule has 0 spiro atoms. The van der Waals surface area contributed by atoms with E-state index in [1.54, 1.807) is 0 Å². The number of aromatic nitrogens is 2. The fraction of sp³-hybridized carbons (Fsp3) is 0.333. The van der Waals surface area contributed by atoms with Crippen LogP contribution in [0.3, 0.4) is 0 Å². The van der Waals surface area contributed by atoms with Gasteiger partial charge in [-0.05, 0) is 0 Å². The van der Waals surface area contributed by atoms with Gasteiger partial charge in [-0.1, -0.05) is 16.1 Å². The largest absolute Gasteiger partial charge is 0.329 e. The lowest BCUT2D eigenvalue weighted by Gasteiger charge is -2.09. The molecule has 14 heavy (non-hydrogen) atoms. The number of hydrogen-bond donors (Lipinski definition) is 1. The second-order valence-electron chi connectivity index (χ2n) is 2.63. The fourth-order valence-electron chi connectivity index (χ4n) is 1.06. The van der Waals surface area contributed by atoms with Gasteiger partial charge in [0.15, 0.2) is 0 Å². The normalized spacial score (nSPS) is 16.2. The van der Waals surface area contributed by atoms with E-state index in [4.69, 9.17) is 11.6 Å². The van der Waals surface area contributed by atoms with Crippen LogP contribution >= 0.6 is 23.1 Å². The monoisotopic (exact) mass is 232 g/mol. The van der Waals surface area contributed by atoms with Gasteiger partial charge in [0.25, 0.3) is 0 Å². The minimum atomic E-state index is -0.418. The van der Waals surface area contributed by atoms with Crippen molar-refractivity contribution in [3.8, 4) is 0 Å². The minimum Gasteiger partial charge on any atom is -0.329 e. The molecule has 1 N–H and O–H groups in total. The molecule has 0 radical (unpaired) electrons. The van der Waals surface area contributed by atoms with Crippen molar-refractivity contribution in [2.75, 3.05) is 6.54 Å². The predicted molar refractivity (Wildman–Crippen MR) is 48.9 cm³/mol. The van der Waals surface area contributed by atoms with Gasteiger partial charge in [-0.2, -0.15) is 0 Å².